The zero-order chi connectivity index (χ0) is 14.7. The molecule has 21 heavy (non-hydrogen) atoms. The molecule has 0 amide bonds. The second kappa shape index (κ2) is 6.36. The number of nitrogens with zero attached hydrogens (tertiary/aromatic N) is 3. The second-order valence-corrected chi connectivity index (χ2v) is 5.78. The number of hydrogen-bond acceptors (Lipinski definition) is 6. The summed E-state index contributed by atoms with van der Waals surface area (Å²) in [5.74, 6) is 3.32. The summed E-state index contributed by atoms with van der Waals surface area (Å²) < 4.78 is 13.6. The highest BCUT2D eigenvalue weighted by molar-refractivity contribution is 7.99. The van der Waals surface area contributed by atoms with Crippen molar-refractivity contribution in [3.05, 3.63) is 30.1 Å². The Kier molecular flexibility index (Phi) is 4.31. The largest absolute Gasteiger partial charge is 0.486 e. The third-order valence-corrected chi connectivity index (χ3v) is 4.38. The van der Waals surface area contributed by atoms with Crippen molar-refractivity contribution in [2.75, 3.05) is 19.4 Å². The van der Waals surface area contributed by atoms with Crippen molar-refractivity contribution in [2.45, 2.75) is 17.8 Å². The average Bonchev–Trinajstić information content (AvgIpc) is 2.86. The van der Waals surface area contributed by atoms with E-state index in [2.05, 4.69) is 15.5 Å². The molecule has 1 aliphatic heterocycles. The van der Waals surface area contributed by atoms with Crippen LogP contribution in [0.1, 0.15) is 5.82 Å². The standard InChI is InChI=1S/C14H18N4O2S/c1-15-7-13-16-17-14(18(13)2)21-9-10-8-19-11-5-3-4-6-12(11)20-10/h3-6,10,15H,7-9H2,1-2H3/t10-/m1/s1. The van der Waals surface area contributed by atoms with E-state index in [0.29, 0.717) is 13.2 Å². The Morgan fingerprint density at radius 3 is 2.95 bits per heavy atom. The van der Waals surface area contributed by atoms with Crippen LogP contribution in [-0.4, -0.2) is 40.3 Å². The third-order valence-electron chi connectivity index (χ3n) is 3.23. The van der Waals surface area contributed by atoms with Crippen molar-refractivity contribution in [1.29, 1.82) is 0 Å². The van der Waals surface area contributed by atoms with Crippen molar-refractivity contribution in [3.63, 3.8) is 0 Å². The van der Waals surface area contributed by atoms with Gasteiger partial charge in [-0.05, 0) is 19.2 Å². The molecule has 3 rings (SSSR count). The molecule has 112 valence electrons. The number of thioether (sulfide) groups is 1. The molecular formula is C14H18N4O2S. The van der Waals surface area contributed by atoms with Crippen LogP contribution in [0.5, 0.6) is 11.5 Å². The summed E-state index contributed by atoms with van der Waals surface area (Å²) in [6.45, 7) is 1.27. The maximum Gasteiger partial charge on any atom is 0.191 e. The summed E-state index contributed by atoms with van der Waals surface area (Å²) in [6, 6.07) is 7.75. The first-order chi connectivity index (χ1) is 10.3. The molecule has 7 heteroatoms. The summed E-state index contributed by atoms with van der Waals surface area (Å²) in [5, 5.41) is 12.3. The number of fused-ring (bicyclic) bond motifs is 1. The van der Waals surface area contributed by atoms with Gasteiger partial charge in [-0.3, -0.25) is 0 Å². The van der Waals surface area contributed by atoms with E-state index in [1.54, 1.807) is 11.8 Å². The van der Waals surface area contributed by atoms with Gasteiger partial charge < -0.3 is 19.4 Å². The normalized spacial score (nSPS) is 17.0. The van der Waals surface area contributed by atoms with Gasteiger partial charge in [0.1, 0.15) is 18.5 Å². The lowest BCUT2D eigenvalue weighted by atomic mass is 10.3. The number of aromatic nitrogens is 3. The molecule has 0 aliphatic carbocycles. The van der Waals surface area contributed by atoms with Gasteiger partial charge >= 0.3 is 0 Å². The predicted octanol–water partition coefficient (Wildman–Crippen LogP) is 1.47. The van der Waals surface area contributed by atoms with Crippen LogP contribution in [0, 0.1) is 0 Å². The summed E-state index contributed by atoms with van der Waals surface area (Å²) in [4.78, 5) is 0. The molecule has 1 N–H and O–H groups in total. The van der Waals surface area contributed by atoms with Gasteiger partial charge in [0.2, 0.25) is 0 Å². The van der Waals surface area contributed by atoms with Gasteiger partial charge in [-0.25, -0.2) is 0 Å². The van der Waals surface area contributed by atoms with Gasteiger partial charge in [-0.1, -0.05) is 23.9 Å². The van der Waals surface area contributed by atoms with Gasteiger partial charge in [0.15, 0.2) is 16.7 Å². The monoisotopic (exact) mass is 306 g/mol. The van der Waals surface area contributed by atoms with Crippen LogP contribution in [0.15, 0.2) is 29.4 Å². The number of ether oxygens (including phenoxy) is 2. The molecule has 0 radical (unpaired) electrons. The maximum atomic E-state index is 5.93. The molecule has 2 aromatic rings. The number of para-hydroxylation sites is 2. The molecule has 1 aliphatic rings. The lowest BCUT2D eigenvalue weighted by molar-refractivity contribution is 0.107. The van der Waals surface area contributed by atoms with E-state index in [-0.39, 0.29) is 6.10 Å². The zero-order valence-corrected chi connectivity index (χ0v) is 12.9. The molecule has 2 heterocycles. The molecule has 0 spiro atoms. The molecular weight excluding hydrogens is 288 g/mol. The quantitative estimate of drug-likeness (QED) is 0.844. The minimum Gasteiger partial charge on any atom is -0.486 e. The summed E-state index contributed by atoms with van der Waals surface area (Å²) in [7, 11) is 3.87. The molecule has 0 fully saturated rings. The highest BCUT2D eigenvalue weighted by Gasteiger charge is 2.21. The van der Waals surface area contributed by atoms with Crippen molar-refractivity contribution in [1.82, 2.24) is 20.1 Å². The summed E-state index contributed by atoms with van der Waals surface area (Å²) in [6.07, 6.45) is 0.0225. The van der Waals surface area contributed by atoms with E-state index in [0.717, 1.165) is 28.2 Å². The van der Waals surface area contributed by atoms with Crippen LogP contribution in [0.2, 0.25) is 0 Å². The van der Waals surface area contributed by atoms with Gasteiger partial charge in [-0.15, -0.1) is 10.2 Å². The Morgan fingerprint density at radius 1 is 1.33 bits per heavy atom. The highest BCUT2D eigenvalue weighted by Crippen LogP contribution is 2.32. The minimum atomic E-state index is 0.0225. The topological polar surface area (TPSA) is 61.2 Å². The Labute approximate surface area is 127 Å². The molecule has 0 saturated carbocycles. The van der Waals surface area contributed by atoms with Crippen LogP contribution in [0.4, 0.5) is 0 Å². The first-order valence-electron chi connectivity index (χ1n) is 6.82. The predicted molar refractivity (Wildman–Crippen MR) is 80.8 cm³/mol. The molecule has 1 atom stereocenters. The third kappa shape index (κ3) is 3.14. The molecule has 0 saturated heterocycles. The van der Waals surface area contributed by atoms with Crippen LogP contribution in [-0.2, 0) is 13.6 Å². The first kappa shape index (κ1) is 14.2. The van der Waals surface area contributed by atoms with Crippen LogP contribution in [0.25, 0.3) is 0 Å². The number of rotatable bonds is 5. The van der Waals surface area contributed by atoms with Gasteiger partial charge in [0.05, 0.1) is 6.54 Å². The van der Waals surface area contributed by atoms with Crippen LogP contribution < -0.4 is 14.8 Å². The Hall–Kier alpha value is -1.73. The smallest absolute Gasteiger partial charge is 0.191 e. The second-order valence-electron chi connectivity index (χ2n) is 4.80. The molecule has 0 unspecified atom stereocenters. The molecule has 0 bridgehead atoms. The number of benzene rings is 1. The van der Waals surface area contributed by atoms with Crippen molar-refractivity contribution >= 4 is 11.8 Å². The number of hydrogen-bond donors (Lipinski definition) is 1. The van der Waals surface area contributed by atoms with E-state index in [4.69, 9.17) is 9.47 Å². The van der Waals surface area contributed by atoms with Crippen molar-refractivity contribution < 1.29 is 9.47 Å². The van der Waals surface area contributed by atoms with Gasteiger partial charge in [0.25, 0.3) is 0 Å². The molecule has 1 aromatic carbocycles. The highest BCUT2D eigenvalue weighted by atomic mass is 32.2. The average molecular weight is 306 g/mol. The van der Waals surface area contributed by atoms with E-state index >= 15 is 0 Å². The molecule has 6 nitrogen and oxygen atoms in total. The number of nitrogens with one attached hydrogen (secondary N) is 1. The lowest BCUT2D eigenvalue weighted by Crippen LogP contribution is -2.31. The fraction of sp³-hybridized carbons (Fsp3) is 0.429. The van der Waals surface area contributed by atoms with Gasteiger partial charge in [-0.2, -0.15) is 0 Å². The van der Waals surface area contributed by atoms with E-state index in [1.165, 1.54) is 0 Å². The SMILES string of the molecule is CNCc1nnc(SC[C@H]2COc3ccccc3O2)n1C. The summed E-state index contributed by atoms with van der Waals surface area (Å²) >= 11 is 1.63. The lowest BCUT2D eigenvalue weighted by Gasteiger charge is -2.25. The zero-order valence-electron chi connectivity index (χ0n) is 12.1. The molecule has 1 aromatic heterocycles. The maximum absolute atomic E-state index is 5.93. The van der Waals surface area contributed by atoms with Crippen molar-refractivity contribution in [3.8, 4) is 11.5 Å². The van der Waals surface area contributed by atoms with Crippen LogP contribution in [0.3, 0.4) is 0 Å². The first-order valence-corrected chi connectivity index (χ1v) is 7.80. The fourth-order valence-electron chi connectivity index (χ4n) is 2.10. The summed E-state index contributed by atoms with van der Waals surface area (Å²) in [5.41, 5.74) is 0. The minimum absolute atomic E-state index is 0.0225. The Balaban J connectivity index is 1.59. The Bertz CT molecular complexity index is 617. The van der Waals surface area contributed by atoms with Gasteiger partial charge in [0, 0.05) is 12.8 Å². The van der Waals surface area contributed by atoms with Crippen molar-refractivity contribution in [2.24, 2.45) is 7.05 Å². The van der Waals surface area contributed by atoms with E-state index in [9.17, 15) is 0 Å². The van der Waals surface area contributed by atoms with E-state index < -0.39 is 0 Å². The Morgan fingerprint density at radius 2 is 2.14 bits per heavy atom. The van der Waals surface area contributed by atoms with Crippen LogP contribution >= 0.6 is 11.8 Å². The van der Waals surface area contributed by atoms with E-state index in [1.807, 2.05) is 42.9 Å². The fourth-order valence-corrected chi connectivity index (χ4v) is 2.99.